The molecule has 2 fully saturated rings. The molecule has 0 saturated carbocycles. The summed E-state index contributed by atoms with van der Waals surface area (Å²) in [5.74, 6) is 1.48. The number of benzene rings is 1. The summed E-state index contributed by atoms with van der Waals surface area (Å²) in [6.45, 7) is 3.19. The van der Waals surface area contributed by atoms with E-state index in [4.69, 9.17) is 9.72 Å². The van der Waals surface area contributed by atoms with E-state index < -0.39 is 0 Å². The molecule has 5 rings (SSSR count). The van der Waals surface area contributed by atoms with E-state index in [1.807, 2.05) is 23.1 Å². The Morgan fingerprint density at radius 1 is 1.12 bits per heavy atom. The summed E-state index contributed by atoms with van der Waals surface area (Å²) in [6.07, 6.45) is 5.89. The number of piperidine rings is 1. The summed E-state index contributed by atoms with van der Waals surface area (Å²) in [6, 6.07) is 14.5. The molecule has 1 amide bonds. The van der Waals surface area contributed by atoms with Gasteiger partial charge in [-0.25, -0.2) is 4.98 Å². The lowest BCUT2D eigenvalue weighted by Gasteiger charge is -2.32. The highest BCUT2D eigenvalue weighted by atomic mass is 16.5. The minimum atomic E-state index is 0.269. The number of ether oxygens (including phenoxy) is 1. The number of rotatable bonds is 7. The number of likely N-dealkylation sites (tertiary alicyclic amines) is 1. The molecule has 3 aromatic rings. The van der Waals surface area contributed by atoms with E-state index in [-0.39, 0.29) is 12.0 Å². The monoisotopic (exact) mass is 433 g/mol. The van der Waals surface area contributed by atoms with Crippen LogP contribution in [-0.2, 0) is 16.1 Å². The number of nitrogens with one attached hydrogen (secondary N) is 2. The van der Waals surface area contributed by atoms with Crippen LogP contribution < -0.4 is 5.32 Å². The summed E-state index contributed by atoms with van der Waals surface area (Å²) in [5.41, 5.74) is 3.11. The molecule has 168 valence electrons. The molecule has 1 unspecified atom stereocenters. The van der Waals surface area contributed by atoms with Gasteiger partial charge in [0.05, 0.1) is 11.5 Å². The highest BCUT2D eigenvalue weighted by Crippen LogP contribution is 2.30. The van der Waals surface area contributed by atoms with Crippen molar-refractivity contribution in [2.45, 2.75) is 57.1 Å². The summed E-state index contributed by atoms with van der Waals surface area (Å²) in [4.78, 5) is 19.4. The van der Waals surface area contributed by atoms with Crippen molar-refractivity contribution in [1.29, 1.82) is 0 Å². The topological polar surface area (TPSA) is 83.1 Å². The van der Waals surface area contributed by atoms with Gasteiger partial charge < -0.3 is 15.0 Å². The molecule has 2 N–H and O–H groups in total. The van der Waals surface area contributed by atoms with Crippen LogP contribution in [0, 0.1) is 0 Å². The Morgan fingerprint density at radius 3 is 2.75 bits per heavy atom. The van der Waals surface area contributed by atoms with Crippen LogP contribution in [0.5, 0.6) is 0 Å². The fourth-order valence-corrected chi connectivity index (χ4v) is 4.80. The van der Waals surface area contributed by atoms with Crippen LogP contribution in [0.25, 0.3) is 11.0 Å². The highest BCUT2D eigenvalue weighted by molar-refractivity contribution is 5.87. The molecule has 0 aliphatic carbocycles. The molecule has 0 spiro atoms. The Bertz CT molecular complexity index is 1040. The maximum Gasteiger partial charge on any atom is 0.222 e. The molecule has 2 aliphatic rings. The molecular weight excluding hydrogens is 402 g/mol. The number of anilines is 1. The Labute approximate surface area is 188 Å². The predicted octanol–water partition coefficient (Wildman–Crippen LogP) is 4.24. The largest absolute Gasteiger partial charge is 0.378 e. The van der Waals surface area contributed by atoms with Crippen LogP contribution in [0.1, 0.15) is 55.7 Å². The molecule has 2 aliphatic heterocycles. The Balaban J connectivity index is 1.15. The fourth-order valence-electron chi connectivity index (χ4n) is 4.80. The van der Waals surface area contributed by atoms with Crippen molar-refractivity contribution in [3.63, 3.8) is 0 Å². The highest BCUT2D eigenvalue weighted by Gasteiger charge is 2.26. The van der Waals surface area contributed by atoms with E-state index in [0.29, 0.717) is 12.3 Å². The van der Waals surface area contributed by atoms with Gasteiger partial charge in [0.15, 0.2) is 11.5 Å². The molecule has 4 heterocycles. The number of H-pyrrole nitrogens is 1. The number of nitrogens with zero attached hydrogens (tertiary/aromatic N) is 3. The first-order chi connectivity index (χ1) is 15.8. The lowest BCUT2D eigenvalue weighted by Crippen LogP contribution is -2.38. The van der Waals surface area contributed by atoms with Crippen molar-refractivity contribution >= 4 is 22.8 Å². The summed E-state index contributed by atoms with van der Waals surface area (Å²) in [7, 11) is 0. The smallest absolute Gasteiger partial charge is 0.222 e. The van der Waals surface area contributed by atoms with Crippen LogP contribution in [-0.4, -0.2) is 51.8 Å². The Morgan fingerprint density at radius 2 is 1.97 bits per heavy atom. The average molecular weight is 434 g/mol. The number of pyridine rings is 1. The maximum atomic E-state index is 12.6. The van der Waals surface area contributed by atoms with Gasteiger partial charge >= 0.3 is 0 Å². The van der Waals surface area contributed by atoms with Gasteiger partial charge in [0.2, 0.25) is 5.91 Å². The number of aromatic nitrogens is 3. The molecule has 32 heavy (non-hydrogen) atoms. The van der Waals surface area contributed by atoms with Gasteiger partial charge in [0, 0.05) is 44.3 Å². The third-order valence-corrected chi connectivity index (χ3v) is 6.72. The first-order valence-corrected chi connectivity index (χ1v) is 11.8. The second kappa shape index (κ2) is 9.69. The van der Waals surface area contributed by atoms with Crippen molar-refractivity contribution in [3.05, 3.63) is 53.7 Å². The Kier molecular flexibility index (Phi) is 6.34. The first kappa shape index (κ1) is 20.9. The number of hydrogen-bond donors (Lipinski definition) is 2. The van der Waals surface area contributed by atoms with Gasteiger partial charge in [-0.3, -0.25) is 9.89 Å². The number of carbonyl (C=O) groups is 1. The van der Waals surface area contributed by atoms with Crippen molar-refractivity contribution in [1.82, 2.24) is 20.1 Å². The number of amides is 1. The van der Waals surface area contributed by atoms with E-state index >= 15 is 0 Å². The van der Waals surface area contributed by atoms with E-state index in [1.54, 1.807) is 0 Å². The number of hydrogen-bond acceptors (Lipinski definition) is 5. The van der Waals surface area contributed by atoms with Gasteiger partial charge in [-0.2, -0.15) is 5.10 Å². The zero-order valence-electron chi connectivity index (χ0n) is 18.4. The number of aromatic amines is 1. The lowest BCUT2D eigenvalue weighted by atomic mass is 9.92. The molecule has 2 aromatic heterocycles. The molecular formula is C25H31N5O2. The van der Waals surface area contributed by atoms with Crippen LogP contribution in [0.4, 0.5) is 5.82 Å². The second-order valence-electron chi connectivity index (χ2n) is 8.87. The number of carbonyl (C=O) groups excluding carboxylic acids is 1. The minimum absolute atomic E-state index is 0.269. The van der Waals surface area contributed by atoms with Crippen molar-refractivity contribution in [2.75, 3.05) is 25.0 Å². The number of fused-ring (bicyclic) bond motifs is 1. The fraction of sp³-hybridized carbons (Fsp3) is 0.480. The van der Waals surface area contributed by atoms with Gasteiger partial charge in [-0.1, -0.05) is 30.3 Å². The van der Waals surface area contributed by atoms with Crippen LogP contribution in [0.15, 0.2) is 42.5 Å². The van der Waals surface area contributed by atoms with Crippen molar-refractivity contribution in [2.24, 2.45) is 0 Å². The van der Waals surface area contributed by atoms with Crippen LogP contribution in [0.3, 0.4) is 0 Å². The molecule has 7 nitrogen and oxygen atoms in total. The second-order valence-corrected chi connectivity index (χ2v) is 8.87. The molecule has 0 bridgehead atoms. The summed E-state index contributed by atoms with van der Waals surface area (Å²) >= 11 is 0. The lowest BCUT2D eigenvalue weighted by molar-refractivity contribution is -0.132. The van der Waals surface area contributed by atoms with Crippen molar-refractivity contribution < 1.29 is 9.53 Å². The quantitative estimate of drug-likeness (QED) is 0.582. The predicted molar refractivity (Wildman–Crippen MR) is 124 cm³/mol. The minimum Gasteiger partial charge on any atom is -0.378 e. The van der Waals surface area contributed by atoms with E-state index in [1.165, 1.54) is 5.56 Å². The van der Waals surface area contributed by atoms with Gasteiger partial charge in [-0.05, 0) is 49.8 Å². The third kappa shape index (κ3) is 4.78. The first-order valence-electron chi connectivity index (χ1n) is 11.8. The van der Waals surface area contributed by atoms with E-state index in [2.05, 4.69) is 39.8 Å². The molecule has 7 heteroatoms. The normalized spacial score (nSPS) is 19.5. The van der Waals surface area contributed by atoms with Crippen LogP contribution in [0.2, 0.25) is 0 Å². The standard InChI is InChI=1S/C25H31N5O2/c31-23(11-8-20-7-4-16-32-20)30-14-12-19(13-15-30)22-10-9-21-24(28-29-25(21)27-22)26-17-18-5-2-1-3-6-18/h1-3,5-6,9-10,19-20H,4,7-8,11-17H2,(H2,26,27,28,29). The molecule has 1 atom stereocenters. The molecule has 1 aromatic carbocycles. The van der Waals surface area contributed by atoms with Gasteiger partial charge in [-0.15, -0.1) is 0 Å². The molecule has 2 saturated heterocycles. The van der Waals surface area contributed by atoms with E-state index in [9.17, 15) is 4.79 Å². The third-order valence-electron chi connectivity index (χ3n) is 6.72. The molecule has 0 radical (unpaired) electrons. The Hall–Kier alpha value is -2.93. The van der Waals surface area contributed by atoms with Crippen molar-refractivity contribution in [3.8, 4) is 0 Å². The SMILES string of the molecule is O=C(CCC1CCCO1)N1CCC(c2ccc3c(NCc4ccccc4)n[nH]c3n2)CC1. The van der Waals surface area contributed by atoms with Gasteiger partial charge in [0.25, 0.3) is 0 Å². The average Bonchev–Trinajstić information content (AvgIpc) is 3.51. The summed E-state index contributed by atoms with van der Waals surface area (Å²) < 4.78 is 5.65. The van der Waals surface area contributed by atoms with E-state index in [0.717, 1.165) is 80.9 Å². The van der Waals surface area contributed by atoms with Gasteiger partial charge in [0.1, 0.15) is 0 Å². The zero-order chi connectivity index (χ0) is 21.8. The summed E-state index contributed by atoms with van der Waals surface area (Å²) in [5, 5.41) is 11.9. The van der Waals surface area contributed by atoms with Crippen LogP contribution >= 0.6 is 0 Å². The maximum absolute atomic E-state index is 12.6. The zero-order valence-corrected chi connectivity index (χ0v) is 18.4.